The molecule has 0 aromatic rings. The molecule has 198 valence electrons. The van der Waals surface area contributed by atoms with Crippen LogP contribution in [0.4, 0.5) is 0 Å². The maximum absolute atomic E-state index is 13.0. The molecular formula is C26H46O8. The van der Waals surface area contributed by atoms with Crippen LogP contribution in [-0.2, 0) is 33.4 Å². The molecule has 0 spiro atoms. The van der Waals surface area contributed by atoms with Gasteiger partial charge in [0.15, 0.2) is 17.3 Å². The van der Waals surface area contributed by atoms with Crippen LogP contribution in [-0.4, -0.2) is 54.2 Å². The van der Waals surface area contributed by atoms with Crippen molar-refractivity contribution in [2.24, 2.45) is 5.92 Å². The van der Waals surface area contributed by atoms with Crippen molar-refractivity contribution < 1.29 is 38.5 Å². The molecule has 0 heterocycles. The lowest BCUT2D eigenvalue weighted by Crippen LogP contribution is -2.55. The van der Waals surface area contributed by atoms with Crippen LogP contribution in [0.3, 0.4) is 0 Å². The first-order valence-corrected chi connectivity index (χ1v) is 13.0. The molecular weight excluding hydrogens is 440 g/mol. The van der Waals surface area contributed by atoms with E-state index in [0.717, 1.165) is 38.5 Å². The molecule has 2 unspecified atom stereocenters. The highest BCUT2D eigenvalue weighted by molar-refractivity contribution is 6.06. The summed E-state index contributed by atoms with van der Waals surface area (Å²) in [5.41, 5.74) is -2.68. The van der Waals surface area contributed by atoms with Crippen LogP contribution in [0.25, 0.3) is 0 Å². The molecule has 0 fully saturated rings. The van der Waals surface area contributed by atoms with Crippen molar-refractivity contribution in [3.63, 3.8) is 0 Å². The van der Waals surface area contributed by atoms with E-state index in [1.165, 1.54) is 0 Å². The fourth-order valence-electron chi connectivity index (χ4n) is 3.44. The average Bonchev–Trinajstić information content (AvgIpc) is 2.80. The third-order valence-electron chi connectivity index (χ3n) is 5.56. The predicted octanol–water partition coefficient (Wildman–Crippen LogP) is 4.68. The van der Waals surface area contributed by atoms with Gasteiger partial charge in [-0.15, -0.1) is 0 Å². The summed E-state index contributed by atoms with van der Waals surface area (Å²) in [4.78, 5) is 51.5. The van der Waals surface area contributed by atoms with E-state index in [1.54, 1.807) is 0 Å². The summed E-state index contributed by atoms with van der Waals surface area (Å²) < 4.78 is 15.7. The minimum Gasteiger partial charge on any atom is -0.466 e. The SMILES string of the molecule is CCCCCOC(=O)CC(O)(C(=O)OCCCCC)C(C(=O)CCCC)C(=O)OCCCCC. The van der Waals surface area contributed by atoms with E-state index in [9.17, 15) is 24.3 Å². The van der Waals surface area contributed by atoms with Gasteiger partial charge in [-0.25, -0.2) is 4.79 Å². The molecule has 0 saturated heterocycles. The molecule has 34 heavy (non-hydrogen) atoms. The summed E-state index contributed by atoms with van der Waals surface area (Å²) >= 11 is 0. The molecule has 0 aliphatic heterocycles. The van der Waals surface area contributed by atoms with Crippen molar-refractivity contribution in [1.29, 1.82) is 0 Å². The number of ether oxygens (including phenoxy) is 3. The zero-order chi connectivity index (χ0) is 25.8. The van der Waals surface area contributed by atoms with Crippen LogP contribution in [0.1, 0.15) is 111 Å². The van der Waals surface area contributed by atoms with Gasteiger partial charge in [0.1, 0.15) is 0 Å². The van der Waals surface area contributed by atoms with Gasteiger partial charge in [-0.05, 0) is 25.7 Å². The second-order valence-corrected chi connectivity index (χ2v) is 8.75. The van der Waals surface area contributed by atoms with Gasteiger partial charge in [0.2, 0.25) is 0 Å². The Labute approximate surface area is 205 Å². The van der Waals surface area contributed by atoms with Gasteiger partial charge in [0.25, 0.3) is 0 Å². The van der Waals surface area contributed by atoms with E-state index in [1.807, 2.05) is 27.7 Å². The van der Waals surface area contributed by atoms with Crippen LogP contribution in [0.5, 0.6) is 0 Å². The maximum Gasteiger partial charge on any atom is 0.340 e. The number of aliphatic hydroxyl groups is 1. The molecule has 0 rings (SSSR count). The molecule has 0 aromatic heterocycles. The third kappa shape index (κ3) is 12.5. The van der Waals surface area contributed by atoms with Crippen molar-refractivity contribution >= 4 is 23.7 Å². The summed E-state index contributed by atoms with van der Waals surface area (Å²) in [6.07, 6.45) is 7.32. The molecule has 0 saturated carbocycles. The van der Waals surface area contributed by atoms with Crippen LogP contribution in [0, 0.1) is 5.92 Å². The number of rotatable bonds is 21. The first-order chi connectivity index (χ1) is 16.3. The first-order valence-electron chi connectivity index (χ1n) is 13.0. The molecule has 0 amide bonds. The van der Waals surface area contributed by atoms with E-state index >= 15 is 0 Å². The number of ketones is 1. The van der Waals surface area contributed by atoms with Crippen molar-refractivity contribution in [2.45, 2.75) is 117 Å². The highest BCUT2D eigenvalue weighted by Gasteiger charge is 2.55. The molecule has 0 radical (unpaired) electrons. The Morgan fingerprint density at radius 1 is 0.676 bits per heavy atom. The quantitative estimate of drug-likeness (QED) is 0.108. The second-order valence-electron chi connectivity index (χ2n) is 8.75. The summed E-state index contributed by atoms with van der Waals surface area (Å²) in [6.45, 7) is 8.09. The number of carbonyl (C=O) groups is 4. The Hall–Kier alpha value is -1.96. The van der Waals surface area contributed by atoms with Gasteiger partial charge in [-0.3, -0.25) is 14.4 Å². The fourth-order valence-corrected chi connectivity index (χ4v) is 3.44. The van der Waals surface area contributed by atoms with Crippen molar-refractivity contribution in [2.75, 3.05) is 19.8 Å². The largest absolute Gasteiger partial charge is 0.466 e. The Balaban J connectivity index is 5.78. The van der Waals surface area contributed by atoms with Crippen molar-refractivity contribution in [1.82, 2.24) is 0 Å². The number of hydrogen-bond donors (Lipinski definition) is 1. The van der Waals surface area contributed by atoms with Gasteiger partial charge in [0, 0.05) is 6.42 Å². The van der Waals surface area contributed by atoms with Crippen molar-refractivity contribution in [3.05, 3.63) is 0 Å². The number of hydrogen-bond acceptors (Lipinski definition) is 8. The smallest absolute Gasteiger partial charge is 0.340 e. The number of esters is 3. The van der Waals surface area contributed by atoms with Gasteiger partial charge >= 0.3 is 17.9 Å². The minimum atomic E-state index is -2.68. The minimum absolute atomic E-state index is 0.0158. The summed E-state index contributed by atoms with van der Waals surface area (Å²) in [5.74, 6) is -5.54. The highest BCUT2D eigenvalue weighted by Crippen LogP contribution is 2.29. The molecule has 0 aliphatic carbocycles. The third-order valence-corrected chi connectivity index (χ3v) is 5.56. The number of carbonyl (C=O) groups excluding carboxylic acids is 4. The fraction of sp³-hybridized carbons (Fsp3) is 0.846. The molecule has 2 atom stereocenters. The van der Waals surface area contributed by atoms with Crippen molar-refractivity contribution in [3.8, 4) is 0 Å². The van der Waals surface area contributed by atoms with Gasteiger partial charge in [0.05, 0.1) is 26.2 Å². The predicted molar refractivity (Wildman–Crippen MR) is 129 cm³/mol. The molecule has 1 N–H and O–H groups in total. The zero-order valence-corrected chi connectivity index (χ0v) is 21.7. The van der Waals surface area contributed by atoms with Crippen LogP contribution < -0.4 is 0 Å². The normalized spacial score (nSPS) is 13.6. The number of Topliss-reactive ketones (excluding diaryl/α,β-unsaturated/α-hetero) is 1. The Morgan fingerprint density at radius 2 is 1.15 bits per heavy atom. The van der Waals surface area contributed by atoms with E-state index < -0.39 is 41.6 Å². The molecule has 0 bridgehead atoms. The monoisotopic (exact) mass is 486 g/mol. The summed E-state index contributed by atoms with van der Waals surface area (Å²) in [6, 6.07) is 0. The average molecular weight is 487 g/mol. The van der Waals surface area contributed by atoms with E-state index in [2.05, 4.69) is 0 Å². The Bertz CT molecular complexity index is 604. The molecule has 8 nitrogen and oxygen atoms in total. The first kappa shape index (κ1) is 32.0. The van der Waals surface area contributed by atoms with Gasteiger partial charge in [-0.2, -0.15) is 0 Å². The topological polar surface area (TPSA) is 116 Å². The summed E-state index contributed by atoms with van der Waals surface area (Å²) in [5, 5.41) is 11.4. The Kier molecular flexibility index (Phi) is 18.2. The molecule has 8 heteroatoms. The zero-order valence-electron chi connectivity index (χ0n) is 21.7. The second kappa shape index (κ2) is 19.4. The standard InChI is InChI=1S/C26H46O8/c1-5-9-13-17-32-22(28)20-26(31,25(30)34-19-15-11-7-3)23(21(27)16-12-8-4)24(29)33-18-14-10-6-2/h23,31H,5-20H2,1-4H3. The van der Waals surface area contributed by atoms with Gasteiger partial charge < -0.3 is 19.3 Å². The highest BCUT2D eigenvalue weighted by atomic mass is 16.6. The van der Waals surface area contributed by atoms with Crippen LogP contribution >= 0.6 is 0 Å². The van der Waals surface area contributed by atoms with Crippen LogP contribution in [0.15, 0.2) is 0 Å². The molecule has 0 aliphatic rings. The van der Waals surface area contributed by atoms with E-state index in [-0.39, 0.29) is 26.2 Å². The van der Waals surface area contributed by atoms with Crippen LogP contribution in [0.2, 0.25) is 0 Å². The number of unbranched alkanes of at least 4 members (excludes halogenated alkanes) is 7. The Morgan fingerprint density at radius 3 is 1.65 bits per heavy atom. The summed E-state index contributed by atoms with van der Waals surface area (Å²) in [7, 11) is 0. The maximum atomic E-state index is 13.0. The molecule has 0 aromatic carbocycles. The lowest BCUT2D eigenvalue weighted by Gasteiger charge is -2.31. The van der Waals surface area contributed by atoms with E-state index in [4.69, 9.17) is 14.2 Å². The lowest BCUT2D eigenvalue weighted by molar-refractivity contribution is -0.188. The van der Waals surface area contributed by atoms with Gasteiger partial charge in [-0.1, -0.05) is 72.6 Å². The lowest BCUT2D eigenvalue weighted by atomic mass is 9.80. The van der Waals surface area contributed by atoms with E-state index in [0.29, 0.717) is 32.1 Å².